The van der Waals surface area contributed by atoms with E-state index in [0.29, 0.717) is 40.3 Å². The average Bonchev–Trinajstić information content (AvgIpc) is 3.49. The summed E-state index contributed by atoms with van der Waals surface area (Å²) in [5.74, 6) is 2.01. The molecular formula is C23H21N3O4S. The van der Waals surface area contributed by atoms with Gasteiger partial charge in [-0.2, -0.15) is 0 Å². The highest BCUT2D eigenvalue weighted by Gasteiger charge is 2.17. The van der Waals surface area contributed by atoms with E-state index in [1.54, 1.807) is 18.7 Å². The van der Waals surface area contributed by atoms with E-state index in [1.165, 1.54) is 16.9 Å². The molecule has 0 radical (unpaired) electrons. The summed E-state index contributed by atoms with van der Waals surface area (Å²) >= 11 is 1.37. The molecule has 0 aliphatic heterocycles. The second-order valence-electron chi connectivity index (χ2n) is 7.04. The maximum absolute atomic E-state index is 6.18. The summed E-state index contributed by atoms with van der Waals surface area (Å²) in [5.41, 5.74) is 3.77. The number of hydrogen-bond donors (Lipinski definition) is 0. The molecule has 0 saturated carbocycles. The van der Waals surface area contributed by atoms with E-state index in [-0.39, 0.29) is 0 Å². The van der Waals surface area contributed by atoms with Crippen LogP contribution in [0.3, 0.4) is 0 Å². The lowest BCUT2D eigenvalue weighted by Gasteiger charge is -2.10. The van der Waals surface area contributed by atoms with Crippen molar-refractivity contribution in [1.29, 1.82) is 0 Å². The predicted molar refractivity (Wildman–Crippen MR) is 119 cm³/mol. The van der Waals surface area contributed by atoms with Crippen LogP contribution in [-0.2, 0) is 13.0 Å². The third-order valence-electron chi connectivity index (χ3n) is 5.05. The number of imidazole rings is 1. The molecule has 0 atom stereocenters. The summed E-state index contributed by atoms with van der Waals surface area (Å²) in [6, 6.07) is 14.1. The van der Waals surface area contributed by atoms with E-state index in [2.05, 4.69) is 41.3 Å². The molecule has 5 aromatic rings. The van der Waals surface area contributed by atoms with Gasteiger partial charge in [-0.05, 0) is 35.0 Å². The third kappa shape index (κ3) is 3.70. The first-order valence-electron chi connectivity index (χ1n) is 9.89. The smallest absolute Gasteiger partial charge is 0.294 e. The highest BCUT2D eigenvalue weighted by Crippen LogP contribution is 2.37. The summed E-state index contributed by atoms with van der Waals surface area (Å²) < 4.78 is 24.6. The van der Waals surface area contributed by atoms with Gasteiger partial charge in [0.05, 0.1) is 25.8 Å². The number of methoxy groups -OCH3 is 2. The van der Waals surface area contributed by atoms with E-state index in [1.807, 2.05) is 24.4 Å². The zero-order valence-electron chi connectivity index (χ0n) is 17.4. The lowest BCUT2D eigenvalue weighted by molar-refractivity contribution is 0.307. The first-order valence-corrected chi connectivity index (χ1v) is 10.7. The molecule has 5 rings (SSSR count). The van der Waals surface area contributed by atoms with Gasteiger partial charge < -0.3 is 18.6 Å². The van der Waals surface area contributed by atoms with Crippen molar-refractivity contribution in [3.63, 3.8) is 0 Å². The van der Waals surface area contributed by atoms with Crippen LogP contribution in [0, 0.1) is 0 Å². The number of hydrogen-bond acceptors (Lipinski definition) is 7. The second-order valence-corrected chi connectivity index (χ2v) is 7.95. The molecule has 0 aliphatic rings. The fraction of sp³-hybridized carbons (Fsp3) is 0.217. The van der Waals surface area contributed by atoms with Crippen LogP contribution < -0.4 is 14.2 Å². The predicted octanol–water partition coefficient (Wildman–Crippen LogP) is 5.36. The molecule has 0 bridgehead atoms. The van der Waals surface area contributed by atoms with Crippen LogP contribution in [-0.4, -0.2) is 28.8 Å². The van der Waals surface area contributed by atoms with Crippen LogP contribution in [0.5, 0.6) is 16.7 Å². The van der Waals surface area contributed by atoms with Crippen LogP contribution in [0.1, 0.15) is 18.1 Å². The van der Waals surface area contributed by atoms with Crippen molar-refractivity contribution >= 4 is 27.3 Å². The number of furan rings is 1. The van der Waals surface area contributed by atoms with Gasteiger partial charge in [0.15, 0.2) is 5.76 Å². The largest absolute Gasteiger partial charge is 0.496 e. The van der Waals surface area contributed by atoms with Crippen molar-refractivity contribution in [3.8, 4) is 28.1 Å². The standard InChI is InChI=1S/C23H21N3O4S/c1-4-14-6-5-7-15(8-14)13-29-19-9-16(27-2)10-20-17(19)11-21(30-20)18-12-26-22(24-18)31-23(25-26)28-3/h5-12H,4,13H2,1-3H3. The topological polar surface area (TPSA) is 71.0 Å². The number of aryl methyl sites for hydroxylation is 1. The molecule has 0 amide bonds. The quantitative estimate of drug-likeness (QED) is 0.343. The van der Waals surface area contributed by atoms with E-state index in [0.717, 1.165) is 22.3 Å². The molecule has 3 aromatic heterocycles. The van der Waals surface area contributed by atoms with Gasteiger partial charge in [0.1, 0.15) is 29.4 Å². The summed E-state index contributed by atoms with van der Waals surface area (Å²) in [4.78, 5) is 5.34. The average molecular weight is 436 g/mol. The molecule has 31 heavy (non-hydrogen) atoms. The minimum atomic E-state index is 0.459. The lowest BCUT2D eigenvalue weighted by Crippen LogP contribution is -1.97. The fourth-order valence-electron chi connectivity index (χ4n) is 3.43. The SMILES string of the molecule is CCc1cccc(COc2cc(OC)cc3oc(-c4cn5nc(OC)sc5n4)cc23)c1. The molecule has 7 nitrogen and oxygen atoms in total. The molecule has 158 valence electrons. The summed E-state index contributed by atoms with van der Waals surface area (Å²) in [6.07, 6.45) is 2.81. The van der Waals surface area contributed by atoms with Crippen LogP contribution in [0.25, 0.3) is 27.4 Å². The molecule has 0 unspecified atom stereocenters. The maximum Gasteiger partial charge on any atom is 0.294 e. The van der Waals surface area contributed by atoms with Crippen molar-refractivity contribution in [3.05, 3.63) is 59.8 Å². The van der Waals surface area contributed by atoms with Gasteiger partial charge in [-0.1, -0.05) is 31.2 Å². The Balaban J connectivity index is 1.49. The molecular weight excluding hydrogens is 414 g/mol. The molecule has 0 spiro atoms. The summed E-state index contributed by atoms with van der Waals surface area (Å²) in [5, 5.41) is 5.74. The van der Waals surface area contributed by atoms with Crippen molar-refractivity contribution < 1.29 is 18.6 Å². The lowest BCUT2D eigenvalue weighted by atomic mass is 10.1. The van der Waals surface area contributed by atoms with Crippen LogP contribution >= 0.6 is 11.3 Å². The third-order valence-corrected chi connectivity index (χ3v) is 5.94. The van der Waals surface area contributed by atoms with Crippen molar-refractivity contribution in [2.45, 2.75) is 20.0 Å². The Morgan fingerprint density at radius 3 is 2.71 bits per heavy atom. The number of benzene rings is 2. The number of ether oxygens (including phenoxy) is 3. The summed E-state index contributed by atoms with van der Waals surface area (Å²) in [7, 11) is 3.22. The second kappa shape index (κ2) is 7.96. The number of nitrogens with zero attached hydrogens (tertiary/aromatic N) is 3. The van der Waals surface area contributed by atoms with Crippen molar-refractivity contribution in [2.75, 3.05) is 14.2 Å². The van der Waals surface area contributed by atoms with Crippen LogP contribution in [0.4, 0.5) is 0 Å². The highest BCUT2D eigenvalue weighted by atomic mass is 32.1. The zero-order chi connectivity index (χ0) is 21.4. The van der Waals surface area contributed by atoms with Crippen LogP contribution in [0.15, 0.2) is 53.1 Å². The van der Waals surface area contributed by atoms with Crippen molar-refractivity contribution in [1.82, 2.24) is 14.6 Å². The van der Waals surface area contributed by atoms with Crippen LogP contribution in [0.2, 0.25) is 0 Å². The summed E-state index contributed by atoms with van der Waals surface area (Å²) in [6.45, 7) is 2.60. The molecule has 8 heteroatoms. The highest BCUT2D eigenvalue weighted by molar-refractivity contribution is 7.18. The molecule has 0 N–H and O–H groups in total. The van der Waals surface area contributed by atoms with Crippen molar-refractivity contribution in [2.24, 2.45) is 0 Å². The van der Waals surface area contributed by atoms with Gasteiger partial charge in [0.25, 0.3) is 5.19 Å². The van der Waals surface area contributed by atoms with E-state index in [9.17, 15) is 0 Å². The minimum Gasteiger partial charge on any atom is -0.496 e. The number of rotatable bonds is 7. The Morgan fingerprint density at radius 1 is 1.06 bits per heavy atom. The Bertz CT molecular complexity index is 1340. The van der Waals surface area contributed by atoms with Gasteiger partial charge in [0, 0.05) is 12.1 Å². The molecule has 0 saturated heterocycles. The zero-order valence-corrected chi connectivity index (χ0v) is 18.2. The minimum absolute atomic E-state index is 0.459. The van der Waals surface area contributed by atoms with Gasteiger partial charge in [0.2, 0.25) is 4.96 Å². The Kier molecular flexibility index (Phi) is 4.99. The number of fused-ring (bicyclic) bond motifs is 2. The molecule has 3 heterocycles. The Morgan fingerprint density at radius 2 is 1.94 bits per heavy atom. The maximum atomic E-state index is 6.18. The van der Waals surface area contributed by atoms with E-state index >= 15 is 0 Å². The van der Waals surface area contributed by atoms with E-state index < -0.39 is 0 Å². The van der Waals surface area contributed by atoms with E-state index in [4.69, 9.17) is 18.6 Å². The monoisotopic (exact) mass is 435 g/mol. The van der Waals surface area contributed by atoms with Gasteiger partial charge >= 0.3 is 0 Å². The van der Waals surface area contributed by atoms with Gasteiger partial charge in [-0.25, -0.2) is 9.50 Å². The number of aromatic nitrogens is 3. The van der Waals surface area contributed by atoms with Gasteiger partial charge in [-0.15, -0.1) is 5.10 Å². The normalized spacial score (nSPS) is 11.3. The first kappa shape index (κ1) is 19.4. The molecule has 0 fully saturated rings. The van der Waals surface area contributed by atoms with Gasteiger partial charge in [-0.3, -0.25) is 0 Å². The molecule has 2 aromatic carbocycles. The first-order chi connectivity index (χ1) is 15.2. The molecule has 0 aliphatic carbocycles. The Hall–Kier alpha value is -3.52. The Labute approximate surface area is 182 Å². The fourth-order valence-corrected chi connectivity index (χ4v) is 4.13.